The van der Waals surface area contributed by atoms with Gasteiger partial charge < -0.3 is 5.11 Å². The van der Waals surface area contributed by atoms with E-state index in [0.29, 0.717) is 5.92 Å². The van der Waals surface area contributed by atoms with E-state index in [4.69, 9.17) is 0 Å². The molecule has 1 aliphatic carbocycles. The van der Waals surface area contributed by atoms with Crippen molar-refractivity contribution in [3.63, 3.8) is 0 Å². The number of hydrogen-bond donors (Lipinski definition) is 1. The zero-order valence-electron chi connectivity index (χ0n) is 12.4. The van der Waals surface area contributed by atoms with Crippen LogP contribution < -0.4 is 0 Å². The first-order valence-corrected chi connectivity index (χ1v) is 8.04. The second-order valence-electron chi connectivity index (χ2n) is 6.08. The highest BCUT2D eigenvalue weighted by atomic mass is 16.3. The van der Waals surface area contributed by atoms with Crippen molar-refractivity contribution < 1.29 is 5.11 Å². The molecule has 0 heterocycles. The Morgan fingerprint density at radius 2 is 1.63 bits per heavy atom. The van der Waals surface area contributed by atoms with Gasteiger partial charge in [0.2, 0.25) is 0 Å². The molecule has 1 N–H and O–H groups in total. The molecule has 1 fully saturated rings. The summed E-state index contributed by atoms with van der Waals surface area (Å²) in [6.45, 7) is 4.41. The molecule has 1 heteroatoms. The van der Waals surface area contributed by atoms with Gasteiger partial charge in [-0.3, -0.25) is 0 Å². The molecule has 1 aromatic carbocycles. The van der Waals surface area contributed by atoms with Crippen LogP contribution in [0.5, 0.6) is 0 Å². The molecule has 1 nitrogen and oxygen atoms in total. The van der Waals surface area contributed by atoms with Crippen LogP contribution in [0, 0.1) is 5.92 Å². The van der Waals surface area contributed by atoms with Gasteiger partial charge in [0.25, 0.3) is 0 Å². The van der Waals surface area contributed by atoms with E-state index < -0.39 is 0 Å². The Balaban J connectivity index is 2.02. The van der Waals surface area contributed by atoms with E-state index in [1.54, 1.807) is 0 Å². The van der Waals surface area contributed by atoms with Gasteiger partial charge in [-0.15, -0.1) is 0 Å². The monoisotopic (exact) mass is 260 g/mol. The lowest BCUT2D eigenvalue weighted by atomic mass is 9.79. The quantitative estimate of drug-likeness (QED) is 0.714. The Bertz CT molecular complexity index is 358. The van der Waals surface area contributed by atoms with Crippen LogP contribution in [0.1, 0.15) is 81.9 Å². The maximum absolute atomic E-state index is 10.5. The van der Waals surface area contributed by atoms with Gasteiger partial charge in [-0.05, 0) is 48.6 Å². The summed E-state index contributed by atoms with van der Waals surface area (Å²) in [6, 6.07) is 8.77. The second kappa shape index (κ2) is 7.09. The molecule has 0 aromatic heterocycles. The summed E-state index contributed by atoms with van der Waals surface area (Å²) in [4.78, 5) is 0. The molecule has 1 unspecified atom stereocenters. The van der Waals surface area contributed by atoms with E-state index in [9.17, 15) is 5.11 Å². The van der Waals surface area contributed by atoms with Crippen molar-refractivity contribution in [3.05, 3.63) is 35.4 Å². The summed E-state index contributed by atoms with van der Waals surface area (Å²) < 4.78 is 0. The molecule has 19 heavy (non-hydrogen) atoms. The predicted octanol–water partition coefficient (Wildman–Crippen LogP) is 5.20. The first kappa shape index (κ1) is 14.6. The summed E-state index contributed by atoms with van der Waals surface area (Å²) in [5.74, 6) is 1.21. The second-order valence-corrected chi connectivity index (χ2v) is 6.08. The van der Waals surface area contributed by atoms with Gasteiger partial charge in [0.1, 0.15) is 0 Å². The minimum absolute atomic E-state index is 0.282. The van der Waals surface area contributed by atoms with E-state index in [1.165, 1.54) is 24.8 Å². The average molecular weight is 260 g/mol. The molecular weight excluding hydrogens is 232 g/mol. The lowest BCUT2D eigenvalue weighted by molar-refractivity contribution is 0.0964. The van der Waals surface area contributed by atoms with Gasteiger partial charge >= 0.3 is 0 Å². The fraction of sp³-hybridized carbons (Fsp3) is 0.667. The molecule has 0 bridgehead atoms. The van der Waals surface area contributed by atoms with Gasteiger partial charge in [0.15, 0.2) is 0 Å². The first-order chi connectivity index (χ1) is 9.26. The van der Waals surface area contributed by atoms with Gasteiger partial charge in [0, 0.05) is 0 Å². The standard InChI is InChI=1S/C18H28O/c1-3-6-16(7-4-2)18(19)17-12-10-15(11-13-17)14-8-5-9-14/h10-14,16,18-19H,3-9H2,1-2H3. The number of aliphatic hydroxyl groups is 1. The van der Waals surface area contributed by atoms with Crippen LogP contribution in [-0.2, 0) is 0 Å². The molecule has 0 aliphatic heterocycles. The minimum atomic E-state index is -0.282. The lowest BCUT2D eigenvalue weighted by Crippen LogP contribution is -2.13. The maximum atomic E-state index is 10.5. The topological polar surface area (TPSA) is 20.2 Å². The van der Waals surface area contributed by atoms with Crippen molar-refractivity contribution >= 4 is 0 Å². The highest BCUT2D eigenvalue weighted by molar-refractivity contribution is 5.28. The molecule has 2 rings (SSSR count). The predicted molar refractivity (Wildman–Crippen MR) is 81.3 cm³/mol. The van der Waals surface area contributed by atoms with Crippen molar-refractivity contribution in [2.24, 2.45) is 5.92 Å². The highest BCUT2D eigenvalue weighted by Crippen LogP contribution is 2.37. The van der Waals surface area contributed by atoms with Crippen molar-refractivity contribution in [2.75, 3.05) is 0 Å². The number of rotatable bonds is 7. The smallest absolute Gasteiger partial charge is 0.0818 e. The van der Waals surface area contributed by atoms with E-state index in [1.807, 2.05) is 0 Å². The molecule has 1 saturated carbocycles. The first-order valence-electron chi connectivity index (χ1n) is 8.04. The minimum Gasteiger partial charge on any atom is -0.388 e. The summed E-state index contributed by atoms with van der Waals surface area (Å²) in [5, 5.41) is 10.5. The zero-order valence-corrected chi connectivity index (χ0v) is 12.4. The van der Waals surface area contributed by atoms with Crippen molar-refractivity contribution in [2.45, 2.75) is 70.8 Å². The third kappa shape index (κ3) is 3.60. The molecule has 106 valence electrons. The number of aliphatic hydroxyl groups excluding tert-OH is 1. The summed E-state index contributed by atoms with van der Waals surface area (Å²) in [5.41, 5.74) is 2.57. The van der Waals surface area contributed by atoms with Gasteiger partial charge in [-0.2, -0.15) is 0 Å². The van der Waals surface area contributed by atoms with Crippen LogP contribution >= 0.6 is 0 Å². The van der Waals surface area contributed by atoms with Crippen LogP contribution in [0.2, 0.25) is 0 Å². The van der Waals surface area contributed by atoms with Crippen LogP contribution in [0.3, 0.4) is 0 Å². The molecule has 0 amide bonds. The number of benzene rings is 1. The largest absolute Gasteiger partial charge is 0.388 e. The fourth-order valence-corrected chi connectivity index (χ4v) is 3.18. The zero-order chi connectivity index (χ0) is 13.7. The third-order valence-corrected chi connectivity index (χ3v) is 4.62. The van der Waals surface area contributed by atoms with Crippen molar-refractivity contribution in [1.29, 1.82) is 0 Å². The lowest BCUT2D eigenvalue weighted by Gasteiger charge is -2.27. The Morgan fingerprint density at radius 3 is 2.05 bits per heavy atom. The average Bonchev–Trinajstić information content (AvgIpc) is 2.37. The Kier molecular flexibility index (Phi) is 5.45. The summed E-state index contributed by atoms with van der Waals surface area (Å²) >= 11 is 0. The fourth-order valence-electron chi connectivity index (χ4n) is 3.18. The normalized spacial score (nSPS) is 17.5. The van der Waals surface area contributed by atoms with Crippen LogP contribution in [0.15, 0.2) is 24.3 Å². The van der Waals surface area contributed by atoms with E-state index >= 15 is 0 Å². The van der Waals surface area contributed by atoms with Crippen molar-refractivity contribution in [1.82, 2.24) is 0 Å². The molecule has 1 aromatic rings. The number of hydrogen-bond acceptors (Lipinski definition) is 1. The highest BCUT2D eigenvalue weighted by Gasteiger charge is 2.22. The maximum Gasteiger partial charge on any atom is 0.0818 e. The van der Waals surface area contributed by atoms with Gasteiger partial charge in [-0.25, -0.2) is 0 Å². The Morgan fingerprint density at radius 1 is 1.05 bits per heavy atom. The molecule has 0 radical (unpaired) electrons. The van der Waals surface area contributed by atoms with E-state index in [0.717, 1.165) is 37.2 Å². The van der Waals surface area contributed by atoms with Gasteiger partial charge in [-0.1, -0.05) is 57.4 Å². The van der Waals surface area contributed by atoms with E-state index in [2.05, 4.69) is 38.1 Å². The molecule has 1 atom stereocenters. The van der Waals surface area contributed by atoms with Crippen molar-refractivity contribution in [3.8, 4) is 0 Å². The van der Waals surface area contributed by atoms with E-state index in [-0.39, 0.29) is 6.10 Å². The molecule has 0 saturated heterocycles. The third-order valence-electron chi connectivity index (χ3n) is 4.62. The molecule has 1 aliphatic rings. The summed E-state index contributed by atoms with van der Waals surface area (Å²) in [6.07, 6.45) is 8.34. The van der Waals surface area contributed by atoms with Gasteiger partial charge in [0.05, 0.1) is 6.10 Å². The SMILES string of the molecule is CCCC(CCC)C(O)c1ccc(C2CCC2)cc1. The van der Waals surface area contributed by atoms with Crippen LogP contribution in [-0.4, -0.2) is 5.11 Å². The summed E-state index contributed by atoms with van der Waals surface area (Å²) in [7, 11) is 0. The van der Waals surface area contributed by atoms with Crippen LogP contribution in [0.4, 0.5) is 0 Å². The van der Waals surface area contributed by atoms with Crippen LogP contribution in [0.25, 0.3) is 0 Å². The Hall–Kier alpha value is -0.820. The Labute approximate surface area is 118 Å². The molecular formula is C18H28O. The molecule has 0 spiro atoms.